The highest BCUT2D eigenvalue weighted by Crippen LogP contribution is 2.38. The number of pyridine rings is 1. The Hall–Kier alpha value is -2.75. The minimum atomic E-state index is -0.211. The molecule has 0 spiro atoms. The molecule has 37 heavy (non-hydrogen) atoms. The molecule has 4 heterocycles. The molecule has 0 aromatic carbocycles. The van der Waals surface area contributed by atoms with Crippen molar-refractivity contribution < 1.29 is 14.6 Å². The number of aliphatic imine (C=N–C) groups is 1. The van der Waals surface area contributed by atoms with E-state index < -0.39 is 0 Å². The molecule has 1 saturated carbocycles. The van der Waals surface area contributed by atoms with E-state index >= 15 is 0 Å². The molecule has 0 unspecified atom stereocenters. The minimum absolute atomic E-state index is 0.0458. The second-order valence-corrected chi connectivity index (χ2v) is 10.7. The van der Waals surface area contributed by atoms with E-state index in [0.29, 0.717) is 30.7 Å². The zero-order valence-corrected chi connectivity index (χ0v) is 22.3. The Morgan fingerprint density at radius 2 is 1.95 bits per heavy atom. The lowest BCUT2D eigenvalue weighted by atomic mass is 9.85. The van der Waals surface area contributed by atoms with Gasteiger partial charge in [0.15, 0.2) is 0 Å². The molecule has 0 amide bonds. The number of nitrogens with one attached hydrogen (secondary N) is 1. The van der Waals surface area contributed by atoms with Gasteiger partial charge < -0.3 is 24.8 Å². The van der Waals surface area contributed by atoms with Crippen molar-refractivity contribution in [2.75, 3.05) is 31.7 Å². The fourth-order valence-electron chi connectivity index (χ4n) is 5.98. The van der Waals surface area contributed by atoms with Crippen molar-refractivity contribution in [1.29, 1.82) is 0 Å². The van der Waals surface area contributed by atoms with Gasteiger partial charge in [0.05, 0.1) is 24.9 Å². The first-order valence-electron chi connectivity index (χ1n) is 13.5. The molecule has 2 aliphatic heterocycles. The Morgan fingerprint density at radius 1 is 1.22 bits per heavy atom. The van der Waals surface area contributed by atoms with Crippen LogP contribution in [-0.2, 0) is 9.47 Å². The van der Waals surface area contributed by atoms with Gasteiger partial charge in [-0.3, -0.25) is 0 Å². The highest BCUT2D eigenvalue weighted by Gasteiger charge is 2.34. The van der Waals surface area contributed by atoms with Crippen LogP contribution in [0.25, 0.3) is 11.1 Å². The smallest absolute Gasteiger partial charge is 0.240 e. The predicted octanol–water partition coefficient (Wildman–Crippen LogP) is 3.69. The fourth-order valence-corrected chi connectivity index (χ4v) is 5.98. The third-order valence-electron chi connectivity index (χ3n) is 7.92. The molecule has 200 valence electrons. The molecule has 0 radical (unpaired) electrons. The predicted molar refractivity (Wildman–Crippen MR) is 147 cm³/mol. The van der Waals surface area contributed by atoms with Gasteiger partial charge in [-0.25, -0.2) is 14.7 Å². The third kappa shape index (κ3) is 5.73. The number of nitrogens with zero attached hydrogens (tertiary/aromatic N) is 5. The first-order chi connectivity index (χ1) is 17.9. The number of aromatic nitrogens is 2. The molecule has 2 saturated heterocycles. The summed E-state index contributed by atoms with van der Waals surface area (Å²) in [5.41, 5.74) is 4.45. The number of aliphatic hydroxyl groups is 1. The van der Waals surface area contributed by atoms with E-state index in [1.165, 1.54) is 0 Å². The van der Waals surface area contributed by atoms with E-state index in [-0.39, 0.29) is 12.1 Å². The van der Waals surface area contributed by atoms with E-state index in [9.17, 15) is 5.11 Å². The molecule has 2 bridgehead atoms. The van der Waals surface area contributed by atoms with Crippen LogP contribution in [0.4, 0.5) is 5.82 Å². The first-order valence-corrected chi connectivity index (χ1v) is 13.5. The Bertz CT molecular complexity index is 1110. The van der Waals surface area contributed by atoms with Crippen molar-refractivity contribution in [3.8, 4) is 11.1 Å². The van der Waals surface area contributed by atoms with Gasteiger partial charge in [-0.15, -0.1) is 5.10 Å². The monoisotopic (exact) mass is 508 g/mol. The molecule has 2 aromatic rings. The molecule has 9 heteroatoms. The quantitative estimate of drug-likeness (QED) is 0.438. The number of aliphatic hydroxyl groups excluding tert-OH is 1. The molecule has 3 atom stereocenters. The number of hydrogen-bond acceptors (Lipinski definition) is 6. The lowest BCUT2D eigenvalue weighted by Crippen LogP contribution is -2.43. The summed E-state index contributed by atoms with van der Waals surface area (Å²) in [6.45, 7) is 10.2. The lowest BCUT2D eigenvalue weighted by molar-refractivity contribution is 0.0302. The molecule has 9 nitrogen and oxygen atoms in total. The molecule has 2 N–H and O–H groups in total. The Labute approximate surface area is 219 Å². The third-order valence-corrected chi connectivity index (χ3v) is 7.92. The highest BCUT2D eigenvalue weighted by atomic mass is 16.5. The van der Waals surface area contributed by atoms with Crippen molar-refractivity contribution in [3.63, 3.8) is 0 Å². The molecular weight excluding hydrogens is 468 g/mol. The van der Waals surface area contributed by atoms with E-state index in [0.717, 1.165) is 79.9 Å². The average molecular weight is 509 g/mol. The van der Waals surface area contributed by atoms with Gasteiger partial charge in [-0.05, 0) is 82.9 Å². The van der Waals surface area contributed by atoms with Crippen LogP contribution in [0.15, 0.2) is 34.5 Å². The van der Waals surface area contributed by atoms with Gasteiger partial charge in [-0.2, -0.15) is 0 Å². The topological polar surface area (TPSA) is 96.5 Å². The second-order valence-electron chi connectivity index (χ2n) is 10.7. The Morgan fingerprint density at radius 3 is 2.62 bits per heavy atom. The van der Waals surface area contributed by atoms with Gasteiger partial charge in [0.2, 0.25) is 5.96 Å². The lowest BCUT2D eigenvalue weighted by Gasteiger charge is -2.33. The summed E-state index contributed by atoms with van der Waals surface area (Å²) in [4.78, 5) is 11.2. The molecule has 3 fully saturated rings. The summed E-state index contributed by atoms with van der Waals surface area (Å²) in [5.74, 6) is 1.78. The molecule has 2 aromatic heterocycles. The molecule has 5 rings (SSSR count). The van der Waals surface area contributed by atoms with Gasteiger partial charge in [0.1, 0.15) is 5.82 Å². The zero-order chi connectivity index (χ0) is 25.9. The Balaban J connectivity index is 1.50. The molecular formula is C28H40N6O3. The number of ether oxygens (including phenoxy) is 2. The van der Waals surface area contributed by atoms with Crippen molar-refractivity contribution in [3.05, 3.63) is 35.8 Å². The number of guanidine groups is 1. The van der Waals surface area contributed by atoms with Crippen LogP contribution in [0, 0.1) is 6.92 Å². The number of anilines is 1. The summed E-state index contributed by atoms with van der Waals surface area (Å²) in [5, 5.41) is 18.3. The van der Waals surface area contributed by atoms with Crippen LogP contribution >= 0.6 is 0 Å². The number of fused-ring (bicyclic) bond motifs is 2. The zero-order valence-electron chi connectivity index (χ0n) is 22.3. The van der Waals surface area contributed by atoms with Crippen molar-refractivity contribution >= 4 is 18.5 Å². The van der Waals surface area contributed by atoms with Gasteiger partial charge >= 0.3 is 0 Å². The van der Waals surface area contributed by atoms with Crippen molar-refractivity contribution in [2.45, 2.75) is 82.6 Å². The standard InChI is InChI=1S/C28H40N6O3/c1-18(17-36-4)31-28(29-3)32-34-19(2)25(14-26(34)20-5-7-22(35)8-6-20)21-11-12-30-27(13-21)33-15-23-9-10-24(16-33)37-23/h11-14,18,20,22-24,35H,3,5-10,15-17H2,1-2,4H3,(H,31,32)/t18-,20-,22-,23-,24+/m0/s1. The van der Waals surface area contributed by atoms with Gasteiger partial charge in [0.25, 0.3) is 0 Å². The summed E-state index contributed by atoms with van der Waals surface area (Å²) in [7, 11) is 1.68. The second kappa shape index (κ2) is 11.3. The van der Waals surface area contributed by atoms with Crippen LogP contribution in [0.1, 0.15) is 62.8 Å². The van der Waals surface area contributed by atoms with Crippen molar-refractivity contribution in [2.24, 2.45) is 10.1 Å². The fraction of sp³-hybridized carbons (Fsp3) is 0.607. The number of methoxy groups -OCH3 is 1. The maximum absolute atomic E-state index is 10.1. The summed E-state index contributed by atoms with van der Waals surface area (Å²) in [6, 6.07) is 6.59. The van der Waals surface area contributed by atoms with Crippen LogP contribution in [0.5, 0.6) is 0 Å². The molecule has 3 aliphatic rings. The van der Waals surface area contributed by atoms with Crippen LogP contribution in [0.3, 0.4) is 0 Å². The van der Waals surface area contributed by atoms with Crippen molar-refractivity contribution in [1.82, 2.24) is 15.0 Å². The van der Waals surface area contributed by atoms with Crippen LogP contribution in [-0.4, -0.2) is 78.6 Å². The average Bonchev–Trinajstić information content (AvgIpc) is 3.41. The van der Waals surface area contributed by atoms with Gasteiger partial charge in [0, 0.05) is 55.3 Å². The maximum atomic E-state index is 10.1. The highest BCUT2D eigenvalue weighted by molar-refractivity contribution is 5.84. The summed E-state index contributed by atoms with van der Waals surface area (Å²) < 4.78 is 13.3. The van der Waals surface area contributed by atoms with E-state index in [4.69, 9.17) is 19.6 Å². The number of rotatable bonds is 7. The SMILES string of the molecule is C=N/C(=N\n1c(C)c(-c2ccnc(N3C[C@H]4CC[C@@H](C3)O4)c2)cc1[C@H]1CC[C@H](O)CC1)N[C@@H](C)COC. The number of morpholine rings is 1. The Kier molecular flexibility index (Phi) is 7.92. The molecule has 1 aliphatic carbocycles. The van der Waals surface area contributed by atoms with Crippen LogP contribution < -0.4 is 10.2 Å². The maximum Gasteiger partial charge on any atom is 0.240 e. The van der Waals surface area contributed by atoms with E-state index in [2.05, 4.69) is 47.0 Å². The minimum Gasteiger partial charge on any atom is -0.393 e. The van der Waals surface area contributed by atoms with E-state index in [1.54, 1.807) is 7.11 Å². The largest absolute Gasteiger partial charge is 0.393 e. The number of hydrogen-bond donors (Lipinski definition) is 2. The van der Waals surface area contributed by atoms with E-state index in [1.807, 2.05) is 17.8 Å². The van der Waals surface area contributed by atoms with Gasteiger partial charge in [-0.1, -0.05) is 0 Å². The summed E-state index contributed by atoms with van der Waals surface area (Å²) >= 11 is 0. The van der Waals surface area contributed by atoms with Crippen LogP contribution in [0.2, 0.25) is 0 Å². The normalized spacial score (nSPS) is 26.8. The summed E-state index contributed by atoms with van der Waals surface area (Å²) in [6.07, 6.45) is 8.07. The first kappa shape index (κ1) is 25.9.